The van der Waals surface area contributed by atoms with Crippen LogP contribution in [0.4, 0.5) is 0 Å². The van der Waals surface area contributed by atoms with Crippen molar-refractivity contribution in [3.05, 3.63) is 26.9 Å². The van der Waals surface area contributed by atoms with E-state index < -0.39 is 48.3 Å². The van der Waals surface area contributed by atoms with Gasteiger partial charge in [-0.25, -0.2) is 9.36 Å². The second-order valence-corrected chi connectivity index (χ2v) is 5.93. The Bertz CT molecular complexity index is 768. The third-order valence-electron chi connectivity index (χ3n) is 3.95. The normalized spacial score (nSPS) is 27.2. The number of hydrogen-bond acceptors (Lipinski definition) is 7. The van der Waals surface area contributed by atoms with Crippen molar-refractivity contribution in [3.8, 4) is 0 Å². The summed E-state index contributed by atoms with van der Waals surface area (Å²) in [5.74, 6) is -1.55. The number of ether oxygens (including phenoxy) is 1. The predicted octanol–water partition coefficient (Wildman–Crippen LogP) is 0.129. The molecule has 2 heterocycles. The van der Waals surface area contributed by atoms with E-state index in [2.05, 4.69) is 0 Å². The average Bonchev–Trinajstić information content (AvgIpc) is 2.74. The van der Waals surface area contributed by atoms with Crippen LogP contribution in [-0.4, -0.2) is 49.9 Å². The van der Waals surface area contributed by atoms with Crippen molar-refractivity contribution in [3.63, 3.8) is 0 Å². The van der Waals surface area contributed by atoms with Crippen LogP contribution in [0.5, 0.6) is 0 Å². The quantitative estimate of drug-likeness (QED) is 0.593. The number of carbonyl (C=O) groups excluding carboxylic acids is 2. The fourth-order valence-corrected chi connectivity index (χ4v) is 3.04. The summed E-state index contributed by atoms with van der Waals surface area (Å²) in [4.78, 5) is 36.0. The van der Waals surface area contributed by atoms with Crippen molar-refractivity contribution < 1.29 is 24.5 Å². The largest absolute Gasteiger partial charge is 0.394 e. The van der Waals surface area contributed by atoms with Gasteiger partial charge in [0.05, 0.1) is 18.3 Å². The van der Waals surface area contributed by atoms with E-state index in [0.29, 0.717) is 0 Å². The average molecular weight is 342 g/mol. The first kappa shape index (κ1) is 17.7. The molecule has 1 saturated heterocycles. The van der Waals surface area contributed by atoms with Crippen LogP contribution in [0, 0.1) is 10.6 Å². The van der Waals surface area contributed by atoms with Crippen molar-refractivity contribution in [1.29, 1.82) is 0 Å². The first-order valence-electron chi connectivity index (χ1n) is 7.05. The lowest BCUT2D eigenvalue weighted by Crippen LogP contribution is -2.38. The van der Waals surface area contributed by atoms with Crippen molar-refractivity contribution in [2.75, 3.05) is 6.61 Å². The van der Waals surface area contributed by atoms with Crippen LogP contribution in [0.25, 0.3) is 0 Å². The second-order valence-electron chi connectivity index (χ2n) is 5.55. The highest BCUT2D eigenvalue weighted by molar-refractivity contribution is 7.71. The van der Waals surface area contributed by atoms with Crippen molar-refractivity contribution in [2.24, 2.45) is 5.92 Å². The minimum absolute atomic E-state index is 0.0348. The second kappa shape index (κ2) is 6.44. The Labute approximate surface area is 136 Å². The molecule has 1 aromatic heterocycles. The Hall–Kier alpha value is -1.68. The highest BCUT2D eigenvalue weighted by atomic mass is 32.1. The lowest BCUT2D eigenvalue weighted by Gasteiger charge is -2.20. The van der Waals surface area contributed by atoms with E-state index in [9.17, 15) is 24.6 Å². The molecule has 1 fully saturated rings. The zero-order chi connectivity index (χ0) is 17.5. The van der Waals surface area contributed by atoms with Gasteiger partial charge >= 0.3 is 5.69 Å². The maximum atomic E-state index is 12.5. The molecule has 23 heavy (non-hydrogen) atoms. The third-order valence-corrected chi connectivity index (χ3v) is 4.35. The van der Waals surface area contributed by atoms with E-state index in [4.69, 9.17) is 17.0 Å². The Balaban J connectivity index is 2.69. The molecule has 0 aromatic carbocycles. The Morgan fingerprint density at radius 2 is 2.00 bits per heavy atom. The Morgan fingerprint density at radius 1 is 1.39 bits per heavy atom. The number of ketones is 1. The number of hydrogen-bond donors (Lipinski definition) is 2. The molecule has 2 N–H and O–H groups in total. The zero-order valence-corrected chi connectivity index (χ0v) is 13.7. The SMILES string of the molecule is CC(=O)c1cn([C@H]2O[C@@H](CO)C(O)C2C)c(=O)n(C(C)=O)c1=S. The first-order valence-corrected chi connectivity index (χ1v) is 7.46. The molecule has 1 aliphatic rings. The lowest BCUT2D eigenvalue weighted by molar-refractivity contribution is -0.0480. The summed E-state index contributed by atoms with van der Waals surface area (Å²) in [6, 6.07) is 0. The zero-order valence-electron chi connectivity index (χ0n) is 12.9. The van der Waals surface area contributed by atoms with Gasteiger partial charge < -0.3 is 14.9 Å². The smallest absolute Gasteiger partial charge is 0.338 e. The molecule has 4 atom stereocenters. The minimum Gasteiger partial charge on any atom is -0.394 e. The standard InChI is InChI=1S/C14H18N2O6S/c1-6-11(20)10(5-17)22-12(6)15-4-9(7(2)18)13(23)16(8(3)19)14(15)21/h4,6,10-12,17,20H,5H2,1-3H3/t6?,10-,11?,12-/m0/s1. The van der Waals surface area contributed by atoms with Gasteiger partial charge in [0.1, 0.15) is 17.0 Å². The van der Waals surface area contributed by atoms with Crippen LogP contribution >= 0.6 is 12.2 Å². The topological polar surface area (TPSA) is 111 Å². The summed E-state index contributed by atoms with van der Waals surface area (Å²) >= 11 is 5.04. The predicted molar refractivity (Wildman–Crippen MR) is 82.0 cm³/mol. The molecule has 0 saturated carbocycles. The molecule has 1 aliphatic heterocycles. The summed E-state index contributed by atoms with van der Waals surface area (Å²) in [6.07, 6.45) is -1.52. The molecule has 2 rings (SSSR count). The molecule has 0 aliphatic carbocycles. The van der Waals surface area contributed by atoms with Crippen molar-refractivity contribution >= 4 is 23.9 Å². The van der Waals surface area contributed by atoms with Gasteiger partial charge in [-0.2, -0.15) is 0 Å². The van der Waals surface area contributed by atoms with E-state index in [1.807, 2.05) is 0 Å². The lowest BCUT2D eigenvalue weighted by atomic mass is 10.0. The van der Waals surface area contributed by atoms with Crippen molar-refractivity contribution in [1.82, 2.24) is 9.13 Å². The van der Waals surface area contributed by atoms with Gasteiger partial charge in [0.2, 0.25) is 5.91 Å². The summed E-state index contributed by atoms with van der Waals surface area (Å²) in [6.45, 7) is 3.66. The summed E-state index contributed by atoms with van der Waals surface area (Å²) < 4.78 is 7.14. The van der Waals surface area contributed by atoms with Crippen molar-refractivity contribution in [2.45, 2.75) is 39.2 Å². The van der Waals surface area contributed by atoms with Gasteiger partial charge in [0.15, 0.2) is 5.78 Å². The third kappa shape index (κ3) is 2.92. The number of rotatable bonds is 3. The molecular weight excluding hydrogens is 324 g/mol. The van der Waals surface area contributed by atoms with E-state index in [-0.39, 0.29) is 10.2 Å². The highest BCUT2D eigenvalue weighted by Crippen LogP contribution is 2.33. The highest BCUT2D eigenvalue weighted by Gasteiger charge is 2.42. The van der Waals surface area contributed by atoms with Crippen LogP contribution in [0.3, 0.4) is 0 Å². The number of aromatic nitrogens is 2. The maximum absolute atomic E-state index is 12.5. The molecule has 0 radical (unpaired) electrons. The number of Topliss-reactive ketones (excluding diaryl/α,β-unsaturated/α-hetero) is 1. The van der Waals surface area contributed by atoms with Gasteiger partial charge in [-0.05, 0) is 6.92 Å². The van der Waals surface area contributed by atoms with Gasteiger partial charge in [-0.3, -0.25) is 14.2 Å². The number of carbonyl (C=O) groups is 2. The molecule has 0 bridgehead atoms. The van der Waals surface area contributed by atoms with E-state index in [1.165, 1.54) is 13.1 Å². The molecule has 9 heteroatoms. The molecule has 0 amide bonds. The molecule has 2 unspecified atom stereocenters. The molecular formula is C14H18N2O6S. The Morgan fingerprint density at radius 3 is 2.43 bits per heavy atom. The number of nitrogens with zero attached hydrogens (tertiary/aromatic N) is 2. The van der Waals surface area contributed by atoms with Crippen LogP contribution in [-0.2, 0) is 4.74 Å². The van der Waals surface area contributed by atoms with Gasteiger partial charge in [0.25, 0.3) is 0 Å². The first-order chi connectivity index (χ1) is 10.7. The molecule has 0 spiro atoms. The van der Waals surface area contributed by atoms with Crippen LogP contribution < -0.4 is 5.69 Å². The van der Waals surface area contributed by atoms with E-state index >= 15 is 0 Å². The number of aliphatic hydroxyl groups excluding tert-OH is 2. The van der Waals surface area contributed by atoms with E-state index in [0.717, 1.165) is 16.1 Å². The molecule has 126 valence electrons. The summed E-state index contributed by atoms with van der Waals surface area (Å²) in [5, 5.41) is 19.2. The summed E-state index contributed by atoms with van der Waals surface area (Å²) in [7, 11) is 0. The summed E-state index contributed by atoms with van der Waals surface area (Å²) in [5.41, 5.74) is -0.720. The Kier molecular flexibility index (Phi) is 4.95. The number of aliphatic hydroxyl groups is 2. The van der Waals surface area contributed by atoms with Crippen LogP contribution in [0.1, 0.15) is 42.2 Å². The maximum Gasteiger partial charge on any atom is 0.338 e. The minimum atomic E-state index is -0.980. The monoisotopic (exact) mass is 342 g/mol. The van der Waals surface area contributed by atoms with Gasteiger partial charge in [0, 0.05) is 19.0 Å². The fraction of sp³-hybridized carbons (Fsp3) is 0.571. The van der Waals surface area contributed by atoms with Crippen LogP contribution in [0.15, 0.2) is 11.0 Å². The van der Waals surface area contributed by atoms with Crippen LogP contribution in [0.2, 0.25) is 0 Å². The molecule has 1 aromatic rings. The van der Waals surface area contributed by atoms with Gasteiger partial charge in [-0.1, -0.05) is 19.1 Å². The van der Waals surface area contributed by atoms with E-state index in [1.54, 1.807) is 6.92 Å². The fourth-order valence-electron chi connectivity index (χ4n) is 2.63. The molecule has 8 nitrogen and oxygen atoms in total. The van der Waals surface area contributed by atoms with Gasteiger partial charge in [-0.15, -0.1) is 0 Å².